The summed E-state index contributed by atoms with van der Waals surface area (Å²) in [6, 6.07) is 22.3. The van der Waals surface area contributed by atoms with Gasteiger partial charge in [-0.1, -0.05) is 60.7 Å². The van der Waals surface area contributed by atoms with E-state index in [0.717, 1.165) is 3.57 Å². The number of esters is 1. The average molecular weight is 625 g/mol. The van der Waals surface area contributed by atoms with E-state index in [4.69, 9.17) is 4.74 Å². The van der Waals surface area contributed by atoms with E-state index in [1.807, 2.05) is 12.1 Å². The van der Waals surface area contributed by atoms with Crippen molar-refractivity contribution < 1.29 is 26.4 Å². The number of carbonyl (C=O) groups excluding carboxylic acids is 1. The molecule has 0 amide bonds. The smallest absolute Gasteiger partial charge is 0.303 e. The molecule has 0 aliphatic rings. The maximum absolute atomic E-state index is 13.8. The quantitative estimate of drug-likeness (QED) is 0.177. The average Bonchev–Trinajstić information content (AvgIpc) is 2.84. The first-order valence-corrected chi connectivity index (χ1v) is 14.7. The van der Waals surface area contributed by atoms with Gasteiger partial charge in [-0.25, -0.2) is 16.8 Å². The highest BCUT2D eigenvalue weighted by atomic mass is 127. The Kier molecular flexibility index (Phi) is 8.55. The van der Waals surface area contributed by atoms with Crippen molar-refractivity contribution in [1.29, 1.82) is 0 Å². The molecule has 9 heteroatoms. The second-order valence-electron chi connectivity index (χ2n) is 7.95. The zero-order valence-electron chi connectivity index (χ0n) is 19.2. The summed E-state index contributed by atoms with van der Waals surface area (Å²) in [5.74, 6) is -0.518. The molecule has 0 N–H and O–H groups in total. The van der Waals surface area contributed by atoms with E-state index in [1.54, 1.807) is 48.5 Å². The van der Waals surface area contributed by atoms with Gasteiger partial charge in [-0.2, -0.15) is 0 Å². The number of hydrogen-bond acceptors (Lipinski definition) is 6. The van der Waals surface area contributed by atoms with Crippen molar-refractivity contribution in [3.05, 3.63) is 106 Å². The van der Waals surface area contributed by atoms with Crippen LogP contribution in [0.5, 0.6) is 0 Å². The summed E-state index contributed by atoms with van der Waals surface area (Å²) in [6.45, 7) is 2.50. The largest absolute Gasteiger partial charge is 0.453 e. The fraction of sp³-hybridized carbons (Fsp3) is 0.192. The van der Waals surface area contributed by atoms with Crippen molar-refractivity contribution in [2.45, 2.75) is 40.2 Å². The second kappa shape index (κ2) is 11.0. The molecule has 0 radical (unpaired) electrons. The Balaban J connectivity index is 2.10. The number of rotatable bonds is 9. The molecule has 0 saturated carbocycles. The number of benzene rings is 3. The lowest BCUT2D eigenvalue weighted by Gasteiger charge is -2.28. The van der Waals surface area contributed by atoms with Gasteiger partial charge >= 0.3 is 5.97 Å². The molecule has 6 nitrogen and oxygen atoms in total. The predicted octanol–water partition coefficient (Wildman–Crippen LogP) is 5.51. The van der Waals surface area contributed by atoms with Gasteiger partial charge in [0.15, 0.2) is 23.8 Å². The number of hydrogen-bond donors (Lipinski definition) is 0. The molecule has 3 aromatic rings. The van der Waals surface area contributed by atoms with Crippen molar-refractivity contribution in [2.75, 3.05) is 0 Å². The number of sulfone groups is 2. The van der Waals surface area contributed by atoms with E-state index < -0.39 is 35.8 Å². The van der Waals surface area contributed by atoms with Crippen molar-refractivity contribution >= 4 is 48.2 Å². The Morgan fingerprint density at radius 3 is 1.77 bits per heavy atom. The van der Waals surface area contributed by atoms with E-state index in [0.29, 0.717) is 5.56 Å². The Morgan fingerprint density at radius 2 is 1.31 bits per heavy atom. The maximum atomic E-state index is 13.8. The van der Waals surface area contributed by atoms with Crippen LogP contribution >= 0.6 is 22.6 Å². The Bertz CT molecular complexity index is 1350. The topological polar surface area (TPSA) is 94.6 Å². The predicted molar refractivity (Wildman–Crippen MR) is 143 cm³/mol. The summed E-state index contributed by atoms with van der Waals surface area (Å²) in [5, 5.41) is 0. The number of carbonyl (C=O) groups is 1. The third-order valence-corrected chi connectivity index (χ3v) is 12.2. The minimum Gasteiger partial charge on any atom is -0.453 e. The van der Waals surface area contributed by atoms with Crippen LogP contribution < -0.4 is 0 Å². The Morgan fingerprint density at radius 1 is 0.857 bits per heavy atom. The van der Waals surface area contributed by atoms with Gasteiger partial charge in [0.1, 0.15) is 6.10 Å². The highest BCUT2D eigenvalue weighted by Crippen LogP contribution is 2.39. The first-order valence-electron chi connectivity index (χ1n) is 10.7. The summed E-state index contributed by atoms with van der Waals surface area (Å²) in [6.07, 6.45) is 1.82. The van der Waals surface area contributed by atoms with Gasteiger partial charge in [0, 0.05) is 16.1 Å². The van der Waals surface area contributed by atoms with Crippen LogP contribution in [0.25, 0.3) is 0 Å². The van der Waals surface area contributed by atoms with E-state index in [9.17, 15) is 21.6 Å². The number of allylic oxidation sites excluding steroid dienone is 1. The first kappa shape index (κ1) is 27.1. The van der Waals surface area contributed by atoms with E-state index in [1.165, 1.54) is 50.3 Å². The summed E-state index contributed by atoms with van der Waals surface area (Å²) in [5.41, 5.74) is 0.707. The molecular formula is C26H25IO6S2. The van der Waals surface area contributed by atoms with E-state index in [-0.39, 0.29) is 16.2 Å². The minimum absolute atomic E-state index is 0.0930. The van der Waals surface area contributed by atoms with E-state index >= 15 is 0 Å². The van der Waals surface area contributed by atoms with Crippen LogP contribution in [0, 0.1) is 3.57 Å². The van der Waals surface area contributed by atoms with Gasteiger partial charge in [0.05, 0.1) is 9.79 Å². The molecule has 184 valence electrons. The van der Waals surface area contributed by atoms with Gasteiger partial charge in [-0.15, -0.1) is 0 Å². The zero-order valence-corrected chi connectivity index (χ0v) is 23.0. The van der Waals surface area contributed by atoms with Crippen molar-refractivity contribution in [3.63, 3.8) is 0 Å². The van der Waals surface area contributed by atoms with Crippen molar-refractivity contribution in [1.82, 2.24) is 0 Å². The maximum Gasteiger partial charge on any atom is 0.303 e. The van der Waals surface area contributed by atoms with Gasteiger partial charge in [-0.05, 0) is 72.3 Å². The molecule has 0 aliphatic heterocycles. The van der Waals surface area contributed by atoms with Gasteiger partial charge < -0.3 is 4.74 Å². The Hall–Kier alpha value is -2.50. The highest BCUT2D eigenvalue weighted by molar-refractivity contribution is 14.1. The lowest BCUT2D eigenvalue weighted by atomic mass is 10.1. The molecule has 0 aliphatic carbocycles. The van der Waals surface area contributed by atoms with Crippen LogP contribution in [0.4, 0.5) is 0 Å². The third kappa shape index (κ3) is 5.68. The molecular weight excluding hydrogens is 599 g/mol. The summed E-state index contributed by atoms with van der Waals surface area (Å²) in [4.78, 5) is 11.6. The summed E-state index contributed by atoms with van der Waals surface area (Å²) < 4.78 is 59.1. The lowest BCUT2D eigenvalue weighted by molar-refractivity contribution is -0.144. The van der Waals surface area contributed by atoms with Crippen LogP contribution in [0.1, 0.15) is 31.9 Å². The molecule has 0 aromatic heterocycles. The molecule has 35 heavy (non-hydrogen) atoms. The normalized spacial score (nSPS) is 13.5. The molecule has 1 atom stereocenters. The number of ether oxygens (including phenoxy) is 1. The molecule has 0 heterocycles. The summed E-state index contributed by atoms with van der Waals surface area (Å²) in [7, 11) is -8.70. The standard InChI is InChI=1S/C26H25IO6S2/c1-20(28)33-25(23-16-9-10-17-24(23)27)18-11-19-26(2,34(29,30)21-12-5-3-6-13-21)35(31,32)22-14-7-4-8-15-22/h3-18,25H,19H2,1-2H3/b18-11+. The molecule has 1 unspecified atom stereocenters. The minimum atomic E-state index is -4.35. The fourth-order valence-corrected chi connectivity index (χ4v) is 8.64. The molecule has 3 rings (SSSR count). The third-order valence-electron chi connectivity index (χ3n) is 5.55. The molecule has 0 bridgehead atoms. The van der Waals surface area contributed by atoms with Crippen LogP contribution in [0.2, 0.25) is 0 Å². The SMILES string of the molecule is CC(=O)OC(/C=C/CC(C)(S(=O)(=O)c1ccccc1)S(=O)(=O)c1ccccc1)c1ccccc1I. The van der Waals surface area contributed by atoms with Crippen molar-refractivity contribution in [2.24, 2.45) is 0 Å². The molecule has 0 saturated heterocycles. The lowest BCUT2D eigenvalue weighted by Crippen LogP contribution is -2.43. The molecule has 3 aromatic carbocycles. The van der Waals surface area contributed by atoms with Gasteiger partial charge in [-0.3, -0.25) is 4.79 Å². The monoisotopic (exact) mass is 624 g/mol. The zero-order chi connectivity index (χ0) is 25.7. The fourth-order valence-electron chi connectivity index (χ4n) is 3.56. The Labute approximate surface area is 220 Å². The second-order valence-corrected chi connectivity index (χ2v) is 14.1. The van der Waals surface area contributed by atoms with Gasteiger partial charge in [0.25, 0.3) is 0 Å². The van der Waals surface area contributed by atoms with Crippen LogP contribution in [0.15, 0.2) is 107 Å². The first-order chi connectivity index (χ1) is 16.5. The van der Waals surface area contributed by atoms with Crippen LogP contribution in [-0.4, -0.2) is 26.9 Å². The van der Waals surface area contributed by atoms with E-state index in [2.05, 4.69) is 22.6 Å². The van der Waals surface area contributed by atoms with Crippen LogP contribution in [0.3, 0.4) is 0 Å². The van der Waals surface area contributed by atoms with Gasteiger partial charge in [0.2, 0.25) is 0 Å². The molecule has 0 spiro atoms. The van der Waals surface area contributed by atoms with Crippen molar-refractivity contribution in [3.8, 4) is 0 Å². The highest BCUT2D eigenvalue weighted by Gasteiger charge is 2.51. The number of halogens is 1. The van der Waals surface area contributed by atoms with Crippen LogP contribution in [-0.2, 0) is 29.2 Å². The molecule has 0 fully saturated rings. The summed E-state index contributed by atoms with van der Waals surface area (Å²) >= 11 is 2.11.